The van der Waals surface area contributed by atoms with Crippen molar-refractivity contribution < 1.29 is 29.2 Å². The summed E-state index contributed by atoms with van der Waals surface area (Å²) in [4.78, 5) is 37.8. The van der Waals surface area contributed by atoms with Crippen molar-refractivity contribution in [2.24, 2.45) is 17.4 Å². The summed E-state index contributed by atoms with van der Waals surface area (Å²) in [6, 6.07) is -0.725. The molecule has 1 aliphatic heterocycles. The van der Waals surface area contributed by atoms with E-state index >= 15 is 0 Å². The molecule has 142 valence electrons. The number of aliphatic carboxylic acids is 1. The molecule has 2 amide bonds. The second kappa shape index (κ2) is 9.82. The molecule has 0 spiro atoms. The summed E-state index contributed by atoms with van der Waals surface area (Å²) in [7, 11) is 0. The van der Waals surface area contributed by atoms with E-state index in [1.807, 2.05) is 13.8 Å². The molecule has 1 fully saturated rings. The molecule has 0 bridgehead atoms. The van der Waals surface area contributed by atoms with Gasteiger partial charge in [0.15, 0.2) is 12.2 Å². The minimum atomic E-state index is -1.19. The molecule has 0 aromatic heterocycles. The number of carbonyl (C=O) groups excluding carboxylic acids is 2. The lowest BCUT2D eigenvalue weighted by Gasteiger charge is -2.19. The normalized spacial score (nSPS) is 19.8. The van der Waals surface area contributed by atoms with Gasteiger partial charge in [0.1, 0.15) is 6.04 Å². The average molecular weight is 358 g/mol. The monoisotopic (exact) mass is 358 g/mol. The van der Waals surface area contributed by atoms with Gasteiger partial charge in [-0.25, -0.2) is 4.79 Å². The predicted octanol–water partition coefficient (Wildman–Crippen LogP) is -3.38. The van der Waals surface area contributed by atoms with Gasteiger partial charge in [-0.2, -0.15) is 0 Å². The van der Waals surface area contributed by atoms with Gasteiger partial charge in [0, 0.05) is 6.54 Å². The fourth-order valence-corrected chi connectivity index (χ4v) is 2.27. The summed E-state index contributed by atoms with van der Waals surface area (Å²) in [6.45, 7) is 4.92. The van der Waals surface area contributed by atoms with E-state index in [-0.39, 0.29) is 17.8 Å². The van der Waals surface area contributed by atoms with Crippen molar-refractivity contribution in [1.29, 1.82) is 0 Å². The van der Waals surface area contributed by atoms with E-state index in [0.29, 0.717) is 19.5 Å². The van der Waals surface area contributed by atoms with Gasteiger partial charge in [-0.1, -0.05) is 13.8 Å². The van der Waals surface area contributed by atoms with Gasteiger partial charge in [0.05, 0.1) is 6.54 Å². The Labute approximate surface area is 146 Å². The standard InChI is InChI=1S/C15H27N5O5/c1-8(2)7-9(20-13(22)10-11(25-10)14(23)24)12(21)18-5-3-4-6-19-15(16)17/h8-11H,3-7H2,1-2H3,(H,18,21)(H,20,22)(H,23,24)(H4,16,17,19)/p+1. The van der Waals surface area contributed by atoms with Gasteiger partial charge in [0.2, 0.25) is 5.91 Å². The largest absolute Gasteiger partial charge is 0.479 e. The molecule has 1 aliphatic rings. The first-order valence-electron chi connectivity index (χ1n) is 8.30. The Kier molecular flexibility index (Phi) is 8.12. The Morgan fingerprint density at radius 1 is 1.20 bits per heavy atom. The van der Waals surface area contributed by atoms with Crippen molar-refractivity contribution in [1.82, 2.24) is 10.6 Å². The molecule has 1 heterocycles. The van der Waals surface area contributed by atoms with Crippen LogP contribution >= 0.6 is 0 Å². The Bertz CT molecular complexity index is 518. The van der Waals surface area contributed by atoms with E-state index in [1.165, 1.54) is 0 Å². The molecule has 0 aromatic carbocycles. The first-order chi connectivity index (χ1) is 11.7. The van der Waals surface area contributed by atoms with E-state index in [4.69, 9.17) is 21.3 Å². The number of nitrogens with one attached hydrogen (secondary N) is 3. The second-order valence-electron chi connectivity index (χ2n) is 6.39. The molecule has 25 heavy (non-hydrogen) atoms. The third-order valence-corrected chi connectivity index (χ3v) is 3.57. The van der Waals surface area contributed by atoms with Crippen LogP contribution in [0.3, 0.4) is 0 Å². The summed E-state index contributed by atoms with van der Waals surface area (Å²) in [5.41, 5.74) is 10.5. The van der Waals surface area contributed by atoms with Crippen molar-refractivity contribution in [2.45, 2.75) is 51.4 Å². The number of epoxide rings is 1. The number of nitrogens with two attached hydrogens (primary N) is 2. The Balaban J connectivity index is 2.40. The topological polar surface area (TPSA) is 174 Å². The molecule has 3 unspecified atom stereocenters. The van der Waals surface area contributed by atoms with Crippen LogP contribution in [0.2, 0.25) is 0 Å². The molecule has 0 aliphatic carbocycles. The van der Waals surface area contributed by atoms with Crippen LogP contribution in [0.25, 0.3) is 0 Å². The van der Waals surface area contributed by atoms with E-state index in [2.05, 4.69) is 15.6 Å². The lowest BCUT2D eigenvalue weighted by molar-refractivity contribution is -0.459. The van der Waals surface area contributed by atoms with E-state index in [0.717, 1.165) is 12.8 Å². The molecular formula is C15H28N5O5+. The molecule has 1 saturated heterocycles. The zero-order chi connectivity index (χ0) is 19.0. The number of carbonyl (C=O) groups is 3. The SMILES string of the molecule is CC(C)CC(NC(=O)C1OC1C(=O)O)C(=O)NCCCC[NH+]=C(N)N. The number of rotatable bonds is 11. The van der Waals surface area contributed by atoms with Crippen LogP contribution in [0.1, 0.15) is 33.1 Å². The first-order valence-corrected chi connectivity index (χ1v) is 8.30. The van der Waals surface area contributed by atoms with Crippen molar-refractivity contribution in [3.8, 4) is 0 Å². The Morgan fingerprint density at radius 3 is 2.40 bits per heavy atom. The maximum atomic E-state index is 12.3. The van der Waals surface area contributed by atoms with Crippen LogP contribution in [0.15, 0.2) is 0 Å². The number of amides is 2. The van der Waals surface area contributed by atoms with Crippen molar-refractivity contribution in [3.05, 3.63) is 0 Å². The average Bonchev–Trinajstić information content (AvgIpc) is 3.29. The van der Waals surface area contributed by atoms with Gasteiger partial charge < -0.3 is 20.5 Å². The molecule has 0 saturated carbocycles. The molecule has 8 N–H and O–H groups in total. The van der Waals surface area contributed by atoms with Gasteiger partial charge in [-0.3, -0.25) is 26.0 Å². The smallest absolute Gasteiger partial charge is 0.338 e. The van der Waals surface area contributed by atoms with Crippen molar-refractivity contribution in [2.75, 3.05) is 13.1 Å². The lowest BCUT2D eigenvalue weighted by atomic mass is 10.0. The van der Waals surface area contributed by atoms with Crippen LogP contribution in [-0.2, 0) is 19.1 Å². The van der Waals surface area contributed by atoms with Crippen molar-refractivity contribution in [3.63, 3.8) is 0 Å². The van der Waals surface area contributed by atoms with Crippen LogP contribution in [0, 0.1) is 5.92 Å². The summed E-state index contributed by atoms with van der Waals surface area (Å²) in [5, 5.41) is 14.1. The summed E-state index contributed by atoms with van der Waals surface area (Å²) in [6.07, 6.45) is -0.204. The third-order valence-electron chi connectivity index (χ3n) is 3.57. The number of hydrogen-bond donors (Lipinski definition) is 6. The lowest BCUT2D eigenvalue weighted by Crippen LogP contribution is -2.78. The molecule has 3 atom stereocenters. The van der Waals surface area contributed by atoms with Gasteiger partial charge in [-0.15, -0.1) is 0 Å². The van der Waals surface area contributed by atoms with Gasteiger partial charge in [-0.05, 0) is 25.2 Å². The zero-order valence-electron chi connectivity index (χ0n) is 14.6. The molecule has 1 rings (SSSR count). The fourth-order valence-electron chi connectivity index (χ4n) is 2.27. The van der Waals surface area contributed by atoms with Crippen LogP contribution in [0.4, 0.5) is 0 Å². The highest BCUT2D eigenvalue weighted by molar-refractivity contribution is 5.95. The molecule has 10 nitrogen and oxygen atoms in total. The maximum absolute atomic E-state index is 12.3. The second-order valence-corrected chi connectivity index (χ2v) is 6.39. The van der Waals surface area contributed by atoms with E-state index in [1.54, 1.807) is 0 Å². The van der Waals surface area contributed by atoms with Crippen LogP contribution in [0.5, 0.6) is 0 Å². The van der Waals surface area contributed by atoms with Crippen molar-refractivity contribution >= 4 is 23.7 Å². The van der Waals surface area contributed by atoms with Gasteiger partial charge in [0.25, 0.3) is 5.91 Å². The Hall–Kier alpha value is -2.36. The number of ether oxygens (including phenoxy) is 1. The minimum Gasteiger partial charge on any atom is -0.479 e. The third kappa shape index (κ3) is 7.84. The number of carboxylic acids is 1. The minimum absolute atomic E-state index is 0.158. The van der Waals surface area contributed by atoms with Crippen LogP contribution in [-0.4, -0.2) is 60.2 Å². The molecule has 10 heteroatoms. The molecular weight excluding hydrogens is 330 g/mol. The first kappa shape index (κ1) is 20.7. The summed E-state index contributed by atoms with van der Waals surface area (Å²) < 4.78 is 4.80. The molecule has 0 radical (unpaired) electrons. The number of carboxylic acid groups (broad SMARTS) is 1. The quantitative estimate of drug-likeness (QED) is 0.0966. The van der Waals surface area contributed by atoms with Gasteiger partial charge >= 0.3 is 11.9 Å². The fraction of sp³-hybridized carbons (Fsp3) is 0.733. The number of unbranched alkanes of at least 4 members (excludes halogenated alkanes) is 1. The van der Waals surface area contributed by atoms with Crippen LogP contribution < -0.4 is 27.1 Å². The predicted molar refractivity (Wildman–Crippen MR) is 89.1 cm³/mol. The maximum Gasteiger partial charge on any atom is 0.338 e. The summed E-state index contributed by atoms with van der Waals surface area (Å²) in [5.74, 6) is -1.72. The Morgan fingerprint density at radius 2 is 1.88 bits per heavy atom. The summed E-state index contributed by atoms with van der Waals surface area (Å²) >= 11 is 0. The van der Waals surface area contributed by atoms with E-state index in [9.17, 15) is 14.4 Å². The highest BCUT2D eigenvalue weighted by Gasteiger charge is 2.51. The number of hydrogen-bond acceptors (Lipinski definition) is 4. The number of guanidine groups is 1. The zero-order valence-corrected chi connectivity index (χ0v) is 14.6. The molecule has 0 aromatic rings. The van der Waals surface area contributed by atoms with E-state index < -0.39 is 30.1 Å². The highest BCUT2D eigenvalue weighted by atomic mass is 16.6. The highest BCUT2D eigenvalue weighted by Crippen LogP contribution is 2.22.